The Morgan fingerprint density at radius 1 is 1.41 bits per heavy atom. The molecule has 0 radical (unpaired) electrons. The summed E-state index contributed by atoms with van der Waals surface area (Å²) in [4.78, 5) is 22.6. The standard InChI is InChI=1S/C12H22N2O3/c1-7(2)10(13)11(15)14-6-8-4-3-5-9(8)12(16)17/h7-10H,3-6,13H2,1-2H3,(H,14,15)(H,16,17). The number of carboxylic acids is 1. The Hall–Kier alpha value is -1.10. The van der Waals surface area contributed by atoms with Crippen LogP contribution in [0.2, 0.25) is 0 Å². The number of amides is 1. The average molecular weight is 242 g/mol. The summed E-state index contributed by atoms with van der Waals surface area (Å²) in [5.41, 5.74) is 5.71. The number of hydrogen-bond donors (Lipinski definition) is 3. The van der Waals surface area contributed by atoms with Crippen molar-refractivity contribution in [3.63, 3.8) is 0 Å². The Morgan fingerprint density at radius 3 is 2.59 bits per heavy atom. The zero-order valence-electron chi connectivity index (χ0n) is 10.5. The molecule has 0 bridgehead atoms. The fraction of sp³-hybridized carbons (Fsp3) is 0.833. The van der Waals surface area contributed by atoms with Gasteiger partial charge >= 0.3 is 5.97 Å². The number of carbonyl (C=O) groups excluding carboxylic acids is 1. The van der Waals surface area contributed by atoms with E-state index in [-0.39, 0.29) is 23.7 Å². The van der Waals surface area contributed by atoms with Crippen molar-refractivity contribution < 1.29 is 14.7 Å². The molecule has 1 aliphatic rings. The van der Waals surface area contributed by atoms with Crippen molar-refractivity contribution in [3.8, 4) is 0 Å². The molecule has 0 aliphatic heterocycles. The Bertz CT molecular complexity index is 291. The van der Waals surface area contributed by atoms with E-state index in [1.807, 2.05) is 13.8 Å². The number of rotatable bonds is 5. The van der Waals surface area contributed by atoms with Crippen molar-refractivity contribution >= 4 is 11.9 Å². The molecule has 5 heteroatoms. The summed E-state index contributed by atoms with van der Waals surface area (Å²) in [5, 5.41) is 11.8. The first-order valence-electron chi connectivity index (χ1n) is 6.19. The van der Waals surface area contributed by atoms with Gasteiger partial charge in [-0.3, -0.25) is 9.59 Å². The van der Waals surface area contributed by atoms with Gasteiger partial charge in [-0.2, -0.15) is 0 Å². The molecular weight excluding hydrogens is 220 g/mol. The molecule has 1 amide bonds. The van der Waals surface area contributed by atoms with Crippen LogP contribution in [0.15, 0.2) is 0 Å². The van der Waals surface area contributed by atoms with E-state index in [0.717, 1.165) is 12.8 Å². The predicted molar refractivity (Wildman–Crippen MR) is 64.3 cm³/mol. The molecule has 0 aromatic carbocycles. The van der Waals surface area contributed by atoms with Gasteiger partial charge in [0.2, 0.25) is 5.91 Å². The first-order valence-corrected chi connectivity index (χ1v) is 6.19. The van der Waals surface area contributed by atoms with Gasteiger partial charge in [-0.05, 0) is 24.7 Å². The minimum absolute atomic E-state index is 0.0517. The highest BCUT2D eigenvalue weighted by molar-refractivity contribution is 5.81. The van der Waals surface area contributed by atoms with Crippen LogP contribution in [0.4, 0.5) is 0 Å². The maximum absolute atomic E-state index is 11.6. The van der Waals surface area contributed by atoms with Crippen molar-refractivity contribution in [2.24, 2.45) is 23.5 Å². The lowest BCUT2D eigenvalue weighted by atomic mass is 9.96. The summed E-state index contributed by atoms with van der Waals surface area (Å²) in [6.07, 6.45) is 2.51. The second kappa shape index (κ2) is 6.00. The largest absolute Gasteiger partial charge is 0.481 e. The van der Waals surface area contributed by atoms with Crippen LogP contribution in [-0.4, -0.2) is 29.6 Å². The highest BCUT2D eigenvalue weighted by atomic mass is 16.4. The predicted octanol–water partition coefficient (Wildman–Crippen LogP) is 0.587. The van der Waals surface area contributed by atoms with Crippen LogP contribution in [0.5, 0.6) is 0 Å². The molecule has 1 rings (SSSR count). The maximum atomic E-state index is 11.6. The van der Waals surface area contributed by atoms with E-state index in [0.29, 0.717) is 13.0 Å². The van der Waals surface area contributed by atoms with Gasteiger partial charge in [0.15, 0.2) is 0 Å². The molecule has 3 atom stereocenters. The summed E-state index contributed by atoms with van der Waals surface area (Å²) in [7, 11) is 0. The van der Waals surface area contributed by atoms with Crippen LogP contribution < -0.4 is 11.1 Å². The lowest BCUT2D eigenvalue weighted by molar-refractivity contribution is -0.143. The first kappa shape index (κ1) is 14.0. The fourth-order valence-corrected chi connectivity index (χ4v) is 2.26. The lowest BCUT2D eigenvalue weighted by Gasteiger charge is -2.19. The van der Waals surface area contributed by atoms with Crippen LogP contribution in [0.1, 0.15) is 33.1 Å². The highest BCUT2D eigenvalue weighted by Gasteiger charge is 2.33. The minimum Gasteiger partial charge on any atom is -0.481 e. The number of aliphatic carboxylic acids is 1. The molecule has 0 heterocycles. The van der Waals surface area contributed by atoms with Gasteiger partial charge in [0.1, 0.15) is 0 Å². The van der Waals surface area contributed by atoms with Gasteiger partial charge < -0.3 is 16.2 Å². The zero-order chi connectivity index (χ0) is 13.0. The van der Waals surface area contributed by atoms with Crippen molar-refractivity contribution in [2.75, 3.05) is 6.54 Å². The third-order valence-electron chi connectivity index (χ3n) is 3.54. The molecule has 0 spiro atoms. The highest BCUT2D eigenvalue weighted by Crippen LogP contribution is 2.31. The van der Waals surface area contributed by atoms with E-state index < -0.39 is 12.0 Å². The second-order valence-corrected chi connectivity index (χ2v) is 5.15. The number of carbonyl (C=O) groups is 2. The smallest absolute Gasteiger partial charge is 0.306 e. The van der Waals surface area contributed by atoms with Crippen molar-refractivity contribution in [3.05, 3.63) is 0 Å². The van der Waals surface area contributed by atoms with Crippen LogP contribution in [0.25, 0.3) is 0 Å². The topological polar surface area (TPSA) is 92.4 Å². The Morgan fingerprint density at radius 2 is 2.06 bits per heavy atom. The van der Waals surface area contributed by atoms with Crippen LogP contribution >= 0.6 is 0 Å². The molecule has 1 saturated carbocycles. The van der Waals surface area contributed by atoms with E-state index in [2.05, 4.69) is 5.32 Å². The summed E-state index contributed by atoms with van der Waals surface area (Å²) in [6.45, 7) is 4.20. The number of carboxylic acid groups (broad SMARTS) is 1. The zero-order valence-corrected chi connectivity index (χ0v) is 10.5. The third kappa shape index (κ3) is 3.70. The van der Waals surface area contributed by atoms with Crippen molar-refractivity contribution in [1.29, 1.82) is 0 Å². The Balaban J connectivity index is 2.40. The van der Waals surface area contributed by atoms with E-state index in [1.54, 1.807) is 0 Å². The number of nitrogens with one attached hydrogen (secondary N) is 1. The quantitative estimate of drug-likeness (QED) is 0.657. The Labute approximate surface area is 102 Å². The fourth-order valence-electron chi connectivity index (χ4n) is 2.26. The molecule has 5 nitrogen and oxygen atoms in total. The van der Waals surface area contributed by atoms with Crippen molar-refractivity contribution in [2.45, 2.75) is 39.2 Å². The van der Waals surface area contributed by atoms with Crippen LogP contribution in [-0.2, 0) is 9.59 Å². The summed E-state index contributed by atoms with van der Waals surface area (Å²) < 4.78 is 0. The van der Waals surface area contributed by atoms with Crippen molar-refractivity contribution in [1.82, 2.24) is 5.32 Å². The number of hydrogen-bond acceptors (Lipinski definition) is 3. The monoisotopic (exact) mass is 242 g/mol. The lowest BCUT2D eigenvalue weighted by Crippen LogP contribution is -2.45. The molecule has 3 unspecified atom stereocenters. The maximum Gasteiger partial charge on any atom is 0.306 e. The SMILES string of the molecule is CC(C)C(N)C(=O)NCC1CCCC1C(=O)O. The minimum atomic E-state index is -0.755. The van der Waals surface area contributed by atoms with Crippen LogP contribution in [0, 0.1) is 17.8 Å². The summed E-state index contributed by atoms with van der Waals surface area (Å²) in [5.74, 6) is -1.11. The molecule has 98 valence electrons. The van der Waals surface area contributed by atoms with Gasteiger partial charge in [0.05, 0.1) is 12.0 Å². The molecule has 4 N–H and O–H groups in total. The molecule has 0 aromatic heterocycles. The van der Waals surface area contributed by atoms with Crippen LogP contribution in [0.3, 0.4) is 0 Å². The molecule has 1 aliphatic carbocycles. The van der Waals surface area contributed by atoms with Gasteiger partial charge in [-0.25, -0.2) is 0 Å². The third-order valence-corrected chi connectivity index (χ3v) is 3.54. The molecule has 0 saturated heterocycles. The molecule has 0 aromatic rings. The molecule has 1 fully saturated rings. The van der Waals surface area contributed by atoms with E-state index in [4.69, 9.17) is 10.8 Å². The summed E-state index contributed by atoms with van der Waals surface area (Å²) in [6, 6.07) is -0.514. The average Bonchev–Trinajstić information content (AvgIpc) is 2.72. The first-order chi connectivity index (χ1) is 7.93. The molecule has 17 heavy (non-hydrogen) atoms. The summed E-state index contributed by atoms with van der Waals surface area (Å²) >= 11 is 0. The van der Waals surface area contributed by atoms with Gasteiger partial charge in [0.25, 0.3) is 0 Å². The van der Waals surface area contributed by atoms with Gasteiger partial charge in [0, 0.05) is 6.54 Å². The van der Waals surface area contributed by atoms with Gasteiger partial charge in [-0.1, -0.05) is 20.3 Å². The Kier molecular flexibility index (Phi) is 4.93. The van der Waals surface area contributed by atoms with E-state index in [9.17, 15) is 9.59 Å². The van der Waals surface area contributed by atoms with E-state index >= 15 is 0 Å². The van der Waals surface area contributed by atoms with Gasteiger partial charge in [-0.15, -0.1) is 0 Å². The van der Waals surface area contributed by atoms with E-state index in [1.165, 1.54) is 0 Å². The normalized spacial score (nSPS) is 25.9. The second-order valence-electron chi connectivity index (χ2n) is 5.15. The molecular formula is C12H22N2O3. The number of nitrogens with two attached hydrogens (primary N) is 1.